The lowest BCUT2D eigenvalue weighted by molar-refractivity contribution is -0.178. The average molecular weight is 524 g/mol. The molecular formula is C23H20Cl2F5NO3. The van der Waals surface area contributed by atoms with Crippen molar-refractivity contribution in [3.05, 3.63) is 63.6 Å². The van der Waals surface area contributed by atoms with Crippen LogP contribution in [0, 0.1) is 5.92 Å². The van der Waals surface area contributed by atoms with Crippen molar-refractivity contribution in [1.29, 1.82) is 0 Å². The van der Waals surface area contributed by atoms with Crippen LogP contribution in [-0.2, 0) is 15.0 Å². The van der Waals surface area contributed by atoms with Crippen LogP contribution in [0.1, 0.15) is 43.2 Å². The first-order valence-corrected chi connectivity index (χ1v) is 10.9. The van der Waals surface area contributed by atoms with E-state index in [1.54, 1.807) is 0 Å². The van der Waals surface area contributed by atoms with Crippen molar-refractivity contribution in [2.75, 3.05) is 5.32 Å². The number of anilines is 1. The Bertz CT molecular complexity index is 1080. The van der Waals surface area contributed by atoms with Crippen LogP contribution in [-0.4, -0.2) is 29.1 Å². The van der Waals surface area contributed by atoms with Gasteiger partial charge in [-0.05, 0) is 35.4 Å². The molecule has 1 aliphatic carbocycles. The number of carboxylic acid groups (broad SMARTS) is 1. The number of aliphatic carboxylic acids is 1. The zero-order valence-corrected chi connectivity index (χ0v) is 19.2. The lowest BCUT2D eigenvalue weighted by Crippen LogP contribution is -2.50. The molecule has 2 aromatic rings. The Morgan fingerprint density at radius 1 is 1.09 bits per heavy atom. The number of alkyl halides is 5. The van der Waals surface area contributed by atoms with Crippen LogP contribution in [0.2, 0.25) is 10.0 Å². The summed E-state index contributed by atoms with van der Waals surface area (Å²) in [6.07, 6.45) is -6.69. The van der Waals surface area contributed by atoms with Crippen molar-refractivity contribution in [2.24, 2.45) is 5.92 Å². The monoisotopic (exact) mass is 523 g/mol. The molecule has 184 valence electrons. The standard InChI is InChI=1S/C23H20Cl2F5NO3/c1-12(23(28,29)30)19(13-2-5-15(24)6-3-13)20(34)31-17-8-14(4-7-16(17)25)21(9-18(32)33)10-22(26,27)11-21/h2-8,12,19H,9-11H2,1H3,(H,31,34)(H,32,33). The molecule has 0 bridgehead atoms. The molecule has 2 atom stereocenters. The smallest absolute Gasteiger partial charge is 0.392 e. The lowest BCUT2D eigenvalue weighted by Gasteiger charge is -2.47. The van der Waals surface area contributed by atoms with Gasteiger partial charge in [0.25, 0.3) is 0 Å². The third-order valence-electron chi connectivity index (χ3n) is 6.05. The highest BCUT2D eigenvalue weighted by molar-refractivity contribution is 6.33. The molecule has 1 aliphatic rings. The number of rotatable bonds is 7. The summed E-state index contributed by atoms with van der Waals surface area (Å²) in [5, 5.41) is 11.8. The van der Waals surface area contributed by atoms with Gasteiger partial charge >= 0.3 is 12.1 Å². The fourth-order valence-corrected chi connectivity index (χ4v) is 4.64. The van der Waals surface area contributed by atoms with Gasteiger partial charge < -0.3 is 10.4 Å². The lowest BCUT2D eigenvalue weighted by atomic mass is 9.60. The zero-order chi connectivity index (χ0) is 25.5. The summed E-state index contributed by atoms with van der Waals surface area (Å²) in [7, 11) is 0. The Kier molecular flexibility index (Phi) is 7.20. The summed E-state index contributed by atoms with van der Waals surface area (Å²) in [4.78, 5) is 24.4. The number of hydrogen-bond donors (Lipinski definition) is 2. The summed E-state index contributed by atoms with van der Waals surface area (Å²) < 4.78 is 68.0. The molecule has 0 saturated heterocycles. The molecule has 1 amide bonds. The second-order valence-corrected chi connectivity index (χ2v) is 9.45. The van der Waals surface area contributed by atoms with Crippen LogP contribution >= 0.6 is 23.2 Å². The van der Waals surface area contributed by atoms with Gasteiger partial charge in [0.05, 0.1) is 29.0 Å². The summed E-state index contributed by atoms with van der Waals surface area (Å²) >= 11 is 12.0. The van der Waals surface area contributed by atoms with E-state index in [1.165, 1.54) is 42.5 Å². The number of nitrogens with one attached hydrogen (secondary N) is 1. The molecule has 3 rings (SSSR count). The molecule has 0 heterocycles. The van der Waals surface area contributed by atoms with Gasteiger partial charge in [0.2, 0.25) is 11.8 Å². The van der Waals surface area contributed by atoms with Crippen LogP contribution < -0.4 is 5.32 Å². The third-order valence-corrected chi connectivity index (χ3v) is 6.63. The quantitative estimate of drug-likeness (QED) is 0.382. The van der Waals surface area contributed by atoms with E-state index < -0.39 is 60.5 Å². The third kappa shape index (κ3) is 5.63. The second kappa shape index (κ2) is 9.34. The molecule has 0 aliphatic heterocycles. The zero-order valence-electron chi connectivity index (χ0n) is 17.7. The first-order chi connectivity index (χ1) is 15.6. The number of carboxylic acids is 1. The largest absolute Gasteiger partial charge is 0.481 e. The molecule has 0 radical (unpaired) electrons. The minimum atomic E-state index is -4.70. The summed E-state index contributed by atoms with van der Waals surface area (Å²) in [6, 6.07) is 9.26. The van der Waals surface area contributed by atoms with Crippen LogP contribution in [0.15, 0.2) is 42.5 Å². The minimum absolute atomic E-state index is 0.0387. The molecule has 2 N–H and O–H groups in total. The van der Waals surface area contributed by atoms with Gasteiger partial charge in [-0.25, -0.2) is 8.78 Å². The predicted molar refractivity (Wildman–Crippen MR) is 118 cm³/mol. The highest BCUT2D eigenvalue weighted by Crippen LogP contribution is 2.56. The number of amides is 1. The van der Waals surface area contributed by atoms with E-state index in [2.05, 4.69) is 5.32 Å². The number of carbonyl (C=O) groups is 2. The van der Waals surface area contributed by atoms with E-state index in [9.17, 15) is 36.6 Å². The number of carbonyl (C=O) groups excluding carboxylic acids is 1. The van der Waals surface area contributed by atoms with Gasteiger partial charge in [-0.3, -0.25) is 9.59 Å². The molecule has 2 unspecified atom stereocenters. The number of benzene rings is 2. The maximum absolute atomic E-state index is 13.7. The normalized spacial score (nSPS) is 18.5. The van der Waals surface area contributed by atoms with E-state index >= 15 is 0 Å². The summed E-state index contributed by atoms with van der Waals surface area (Å²) in [6.45, 7) is 0.870. The fourth-order valence-electron chi connectivity index (χ4n) is 4.35. The molecule has 11 heteroatoms. The molecular weight excluding hydrogens is 504 g/mol. The summed E-state index contributed by atoms with van der Waals surface area (Å²) in [5.41, 5.74) is -1.21. The van der Waals surface area contributed by atoms with Crippen LogP contribution in [0.5, 0.6) is 0 Å². The Balaban J connectivity index is 1.96. The van der Waals surface area contributed by atoms with Gasteiger partial charge in [-0.1, -0.05) is 48.3 Å². The van der Waals surface area contributed by atoms with Crippen molar-refractivity contribution in [3.63, 3.8) is 0 Å². The highest BCUT2D eigenvalue weighted by atomic mass is 35.5. The second-order valence-electron chi connectivity index (χ2n) is 8.60. The molecule has 34 heavy (non-hydrogen) atoms. The van der Waals surface area contributed by atoms with Crippen LogP contribution in [0.25, 0.3) is 0 Å². The van der Waals surface area contributed by atoms with Gasteiger partial charge in [0, 0.05) is 23.3 Å². The molecule has 0 aromatic heterocycles. The Morgan fingerprint density at radius 2 is 1.68 bits per heavy atom. The maximum Gasteiger partial charge on any atom is 0.392 e. The Labute approximate surface area is 202 Å². The fraction of sp³-hybridized carbons (Fsp3) is 0.391. The number of hydrogen-bond acceptors (Lipinski definition) is 2. The maximum atomic E-state index is 13.7. The van der Waals surface area contributed by atoms with E-state index in [0.717, 1.165) is 6.92 Å². The minimum Gasteiger partial charge on any atom is -0.481 e. The van der Waals surface area contributed by atoms with Gasteiger partial charge in [-0.2, -0.15) is 13.2 Å². The SMILES string of the molecule is CC(C(C(=O)Nc1cc(C2(CC(=O)O)CC(F)(F)C2)ccc1Cl)c1ccc(Cl)cc1)C(F)(F)F. The Morgan fingerprint density at radius 3 is 2.18 bits per heavy atom. The van der Waals surface area contributed by atoms with Crippen molar-refractivity contribution in [3.8, 4) is 0 Å². The van der Waals surface area contributed by atoms with Crippen LogP contribution in [0.4, 0.5) is 27.6 Å². The topological polar surface area (TPSA) is 66.4 Å². The Hall–Kier alpha value is -2.39. The van der Waals surface area contributed by atoms with Crippen LogP contribution in [0.3, 0.4) is 0 Å². The van der Waals surface area contributed by atoms with Crippen molar-refractivity contribution in [1.82, 2.24) is 0 Å². The van der Waals surface area contributed by atoms with Gasteiger partial charge in [0.15, 0.2) is 0 Å². The van der Waals surface area contributed by atoms with E-state index in [1.807, 2.05) is 0 Å². The average Bonchev–Trinajstić information content (AvgIpc) is 2.68. The first-order valence-electron chi connectivity index (χ1n) is 10.2. The van der Waals surface area contributed by atoms with Crippen molar-refractivity contribution < 1.29 is 36.6 Å². The first kappa shape index (κ1) is 26.2. The predicted octanol–water partition coefficient (Wildman–Crippen LogP) is 7.06. The van der Waals surface area contributed by atoms with Gasteiger partial charge in [-0.15, -0.1) is 0 Å². The molecule has 0 spiro atoms. The molecule has 4 nitrogen and oxygen atoms in total. The molecule has 2 aromatic carbocycles. The van der Waals surface area contributed by atoms with Crippen molar-refractivity contribution >= 4 is 40.8 Å². The molecule has 1 saturated carbocycles. The van der Waals surface area contributed by atoms with Gasteiger partial charge in [0.1, 0.15) is 0 Å². The number of halogens is 7. The van der Waals surface area contributed by atoms with E-state index in [4.69, 9.17) is 23.2 Å². The highest BCUT2D eigenvalue weighted by Gasteiger charge is 2.58. The summed E-state index contributed by atoms with van der Waals surface area (Å²) in [5.74, 6) is -9.06. The van der Waals surface area contributed by atoms with E-state index in [0.29, 0.717) is 0 Å². The van der Waals surface area contributed by atoms with E-state index in [-0.39, 0.29) is 26.9 Å². The molecule has 1 fully saturated rings. The van der Waals surface area contributed by atoms with Crippen molar-refractivity contribution in [2.45, 2.75) is 49.6 Å².